The summed E-state index contributed by atoms with van der Waals surface area (Å²) in [5, 5.41) is 5.63. The van der Waals surface area contributed by atoms with Crippen molar-refractivity contribution in [2.24, 2.45) is 0 Å². The highest BCUT2D eigenvalue weighted by Crippen LogP contribution is 2.14. The lowest BCUT2D eigenvalue weighted by molar-refractivity contribution is -0.141. The number of nitrogens with zero attached hydrogens (tertiary/aromatic N) is 3. The van der Waals surface area contributed by atoms with Crippen molar-refractivity contribution in [2.45, 2.75) is 57.7 Å². The predicted octanol–water partition coefficient (Wildman–Crippen LogP) is -0.362. The lowest BCUT2D eigenvalue weighted by Crippen LogP contribution is -2.54. The van der Waals surface area contributed by atoms with Gasteiger partial charge in [-0.05, 0) is 37.5 Å². The number of methoxy groups -OCH3 is 1. The first kappa shape index (κ1) is 31.1. The smallest absolute Gasteiger partial charge is 0.328 e. The second-order valence-electron chi connectivity index (χ2n) is 9.98. The number of aromatic nitrogens is 2. The highest BCUT2D eigenvalue weighted by atomic mass is 16.5. The van der Waals surface area contributed by atoms with Crippen LogP contribution >= 0.6 is 0 Å². The summed E-state index contributed by atoms with van der Waals surface area (Å²) >= 11 is 0. The van der Waals surface area contributed by atoms with Crippen molar-refractivity contribution in [1.29, 1.82) is 0 Å². The summed E-state index contributed by atoms with van der Waals surface area (Å²) in [4.78, 5) is 80.5. The minimum absolute atomic E-state index is 0.0186. The summed E-state index contributed by atoms with van der Waals surface area (Å²) in [6.07, 6.45) is 2.49. The Hall–Kier alpha value is -4.42. The molecule has 0 aliphatic carbocycles. The Morgan fingerprint density at radius 2 is 1.73 bits per heavy atom. The molecular weight excluding hydrogens is 532 g/mol. The number of hydrogen-bond donors (Lipinski definition) is 3. The summed E-state index contributed by atoms with van der Waals surface area (Å²) in [6.45, 7) is 2.62. The second-order valence-corrected chi connectivity index (χ2v) is 9.98. The molecule has 41 heavy (non-hydrogen) atoms. The normalized spacial score (nSPS) is 19.5. The molecule has 3 rings (SSSR count). The van der Waals surface area contributed by atoms with Crippen molar-refractivity contribution < 1.29 is 23.9 Å². The molecule has 0 unspecified atom stereocenters. The number of benzene rings is 1. The summed E-state index contributed by atoms with van der Waals surface area (Å²) in [7, 11) is 3.09. The number of aromatic amines is 1. The summed E-state index contributed by atoms with van der Waals surface area (Å²) in [6, 6.07) is 6.71. The Kier molecular flexibility index (Phi) is 11.2. The molecule has 0 spiro atoms. The number of amides is 4. The maximum atomic E-state index is 13.4. The van der Waals surface area contributed by atoms with Gasteiger partial charge >= 0.3 is 5.69 Å². The number of aryl methyl sites for hydroxylation is 1. The second kappa shape index (κ2) is 14.8. The van der Waals surface area contributed by atoms with Crippen LogP contribution in [-0.4, -0.2) is 88.9 Å². The van der Waals surface area contributed by atoms with Crippen LogP contribution in [0, 0.1) is 0 Å². The van der Waals surface area contributed by atoms with Crippen molar-refractivity contribution in [2.75, 3.05) is 33.8 Å². The monoisotopic (exact) mass is 570 g/mol. The number of likely N-dealkylation sites (N-methyl/N-ethyl adjacent to an activating group) is 1. The van der Waals surface area contributed by atoms with Crippen LogP contribution in [0.25, 0.3) is 0 Å². The highest BCUT2D eigenvalue weighted by Gasteiger charge is 2.30. The van der Waals surface area contributed by atoms with Gasteiger partial charge < -0.3 is 29.7 Å². The summed E-state index contributed by atoms with van der Waals surface area (Å²) in [5.74, 6) is -0.635. The third kappa shape index (κ3) is 9.05. The molecule has 1 aromatic carbocycles. The Labute approximate surface area is 237 Å². The van der Waals surface area contributed by atoms with E-state index in [0.29, 0.717) is 31.7 Å². The van der Waals surface area contributed by atoms with Gasteiger partial charge in [-0.25, -0.2) is 4.79 Å². The molecule has 1 aliphatic heterocycles. The molecule has 2 heterocycles. The van der Waals surface area contributed by atoms with E-state index in [0.717, 1.165) is 5.56 Å². The van der Waals surface area contributed by atoms with Gasteiger partial charge in [0.1, 0.15) is 17.8 Å². The number of rotatable bonds is 6. The first-order valence-electron chi connectivity index (χ1n) is 13.6. The van der Waals surface area contributed by atoms with Crippen LogP contribution in [0.2, 0.25) is 0 Å². The average molecular weight is 571 g/mol. The fourth-order valence-corrected chi connectivity index (χ4v) is 4.49. The Morgan fingerprint density at radius 3 is 2.41 bits per heavy atom. The van der Waals surface area contributed by atoms with Gasteiger partial charge in [0.05, 0.1) is 7.11 Å². The average Bonchev–Trinajstić information content (AvgIpc) is 2.96. The first-order chi connectivity index (χ1) is 19.6. The van der Waals surface area contributed by atoms with Crippen molar-refractivity contribution >= 4 is 23.6 Å². The molecule has 2 atom stereocenters. The number of ether oxygens (including phenoxy) is 1. The molecule has 2 aromatic rings. The lowest BCUT2D eigenvalue weighted by Gasteiger charge is -2.29. The fraction of sp³-hybridized carbons (Fsp3) is 0.500. The molecule has 13 heteroatoms. The van der Waals surface area contributed by atoms with Gasteiger partial charge in [0, 0.05) is 64.8 Å². The summed E-state index contributed by atoms with van der Waals surface area (Å²) in [5.41, 5.74) is -0.303. The van der Waals surface area contributed by atoms with E-state index in [1.807, 2.05) is 12.1 Å². The van der Waals surface area contributed by atoms with E-state index < -0.39 is 23.3 Å². The van der Waals surface area contributed by atoms with E-state index in [-0.39, 0.29) is 56.0 Å². The van der Waals surface area contributed by atoms with Crippen molar-refractivity contribution in [1.82, 2.24) is 30.0 Å². The molecule has 222 valence electrons. The van der Waals surface area contributed by atoms with Crippen molar-refractivity contribution in [3.05, 3.63) is 62.9 Å². The van der Waals surface area contributed by atoms with Crippen LogP contribution in [0.5, 0.6) is 5.75 Å². The number of carbonyl (C=O) groups is 4. The van der Waals surface area contributed by atoms with E-state index in [4.69, 9.17) is 4.74 Å². The molecule has 0 radical (unpaired) electrons. The molecule has 4 amide bonds. The minimum Gasteiger partial charge on any atom is -0.497 e. The van der Waals surface area contributed by atoms with E-state index >= 15 is 0 Å². The zero-order valence-corrected chi connectivity index (χ0v) is 23.7. The third-order valence-corrected chi connectivity index (χ3v) is 7.09. The number of H-pyrrole nitrogens is 1. The first-order valence-corrected chi connectivity index (χ1v) is 13.6. The molecule has 3 N–H and O–H groups in total. The molecule has 13 nitrogen and oxygen atoms in total. The Morgan fingerprint density at radius 1 is 1.02 bits per heavy atom. The Balaban J connectivity index is 1.72. The third-order valence-electron chi connectivity index (χ3n) is 7.09. The molecular formula is C28H38N6O7. The summed E-state index contributed by atoms with van der Waals surface area (Å²) < 4.78 is 6.44. The Bertz CT molecular complexity index is 1340. The molecule has 0 bridgehead atoms. The topological polar surface area (TPSA) is 163 Å². The highest BCUT2D eigenvalue weighted by molar-refractivity contribution is 5.92. The number of nitrogens with one attached hydrogen (secondary N) is 3. The lowest BCUT2D eigenvalue weighted by atomic mass is 10.0. The standard InChI is InChI=1S/C28H38N6O7/c1-19-26(38)29-13-5-15-33(25(37)12-17-34-16-11-24(36)31-28(34)40)14-4-6-23(35)30-22(27(39)32(19)2)18-20-7-9-21(41-3)10-8-20/h7-11,16,19,22H,4-6,12-15,17-18H2,1-3H3,(H,29,38)(H,30,35)(H,31,36,40)/t19-,22-/m0/s1. The van der Waals surface area contributed by atoms with Gasteiger partial charge in [-0.1, -0.05) is 12.1 Å². The van der Waals surface area contributed by atoms with Crippen LogP contribution in [0.4, 0.5) is 0 Å². The van der Waals surface area contributed by atoms with E-state index in [1.54, 1.807) is 31.1 Å². The van der Waals surface area contributed by atoms with E-state index in [2.05, 4.69) is 15.6 Å². The van der Waals surface area contributed by atoms with Gasteiger partial charge in [-0.2, -0.15) is 0 Å². The fourth-order valence-electron chi connectivity index (χ4n) is 4.49. The van der Waals surface area contributed by atoms with Gasteiger partial charge in [0.2, 0.25) is 23.6 Å². The van der Waals surface area contributed by atoms with Crippen LogP contribution in [0.3, 0.4) is 0 Å². The minimum atomic E-state index is -0.894. The van der Waals surface area contributed by atoms with Gasteiger partial charge in [-0.15, -0.1) is 0 Å². The van der Waals surface area contributed by atoms with Crippen LogP contribution in [0.15, 0.2) is 46.1 Å². The molecule has 1 fully saturated rings. The van der Waals surface area contributed by atoms with Crippen LogP contribution < -0.4 is 26.6 Å². The van der Waals surface area contributed by atoms with Crippen LogP contribution in [-0.2, 0) is 32.1 Å². The zero-order valence-electron chi connectivity index (χ0n) is 23.7. The number of carbonyl (C=O) groups excluding carboxylic acids is 4. The maximum Gasteiger partial charge on any atom is 0.328 e. The van der Waals surface area contributed by atoms with Crippen molar-refractivity contribution in [3.8, 4) is 5.75 Å². The van der Waals surface area contributed by atoms with E-state index in [1.165, 1.54) is 28.8 Å². The quantitative estimate of drug-likeness (QED) is 0.427. The predicted molar refractivity (Wildman–Crippen MR) is 150 cm³/mol. The largest absolute Gasteiger partial charge is 0.497 e. The zero-order chi connectivity index (χ0) is 29.9. The molecule has 1 aromatic heterocycles. The van der Waals surface area contributed by atoms with Gasteiger partial charge in [0.15, 0.2) is 0 Å². The molecule has 1 saturated heterocycles. The molecule has 0 saturated carbocycles. The number of hydrogen-bond acceptors (Lipinski definition) is 7. The van der Waals surface area contributed by atoms with Crippen LogP contribution in [0.1, 0.15) is 38.2 Å². The maximum absolute atomic E-state index is 13.4. The van der Waals surface area contributed by atoms with Crippen molar-refractivity contribution in [3.63, 3.8) is 0 Å². The van der Waals surface area contributed by atoms with Gasteiger partial charge in [-0.3, -0.25) is 29.0 Å². The van der Waals surface area contributed by atoms with Gasteiger partial charge in [0.25, 0.3) is 5.56 Å². The molecule has 1 aliphatic rings. The SMILES string of the molecule is COc1ccc(C[C@@H]2NC(=O)CCCN(C(=O)CCn3ccc(=O)[nH]c3=O)CCCNC(=O)[C@H](C)N(C)C2=O)cc1. The van der Waals surface area contributed by atoms with E-state index in [9.17, 15) is 28.8 Å².